The number of benzene rings is 1. The average Bonchev–Trinajstić information content (AvgIpc) is 2.61. The number of aliphatic hydroxyl groups is 1. The second kappa shape index (κ2) is 6.86. The van der Waals surface area contributed by atoms with E-state index in [1.54, 1.807) is 0 Å². The zero-order valence-corrected chi connectivity index (χ0v) is 15.6. The molecule has 0 amide bonds. The molecule has 5 rings (SSSR count). The molecule has 136 valence electrons. The van der Waals surface area contributed by atoms with Gasteiger partial charge in [0.15, 0.2) is 0 Å². The molecular formula is C22H31NO2. The molecule has 1 aromatic rings. The summed E-state index contributed by atoms with van der Waals surface area (Å²) in [5.41, 5.74) is 4.77. The standard InChI is InChI=1S/C22H31NO2/c1-22(2)19-8-7-18(21(22)11-19)14-25-15-20(24)13-23-10-9-16-5-3-4-6-17(16)12-23/h3-7,19-21,24H,8-15H2,1-2H3/t19-,20+,21-/m0/s1. The average molecular weight is 341 g/mol. The largest absolute Gasteiger partial charge is 0.389 e. The molecule has 3 heteroatoms. The molecular weight excluding hydrogens is 310 g/mol. The lowest BCUT2D eigenvalue weighted by Gasteiger charge is -2.56. The van der Waals surface area contributed by atoms with Crippen LogP contribution in [0.2, 0.25) is 0 Å². The smallest absolute Gasteiger partial charge is 0.0900 e. The number of fused-ring (bicyclic) bond motifs is 2. The first-order chi connectivity index (χ1) is 12.0. The summed E-state index contributed by atoms with van der Waals surface area (Å²) in [5, 5.41) is 10.4. The number of hydrogen-bond acceptors (Lipinski definition) is 3. The fraction of sp³-hybridized carbons (Fsp3) is 0.636. The Kier molecular flexibility index (Phi) is 4.74. The van der Waals surface area contributed by atoms with Crippen molar-refractivity contribution in [3.05, 3.63) is 47.0 Å². The molecule has 0 spiro atoms. The number of β-amino-alcohol motifs (C(OH)–C–C–N with tert-alkyl or cyclic N) is 1. The molecule has 3 atom stereocenters. The third-order valence-corrected chi connectivity index (χ3v) is 6.84. The Morgan fingerprint density at radius 2 is 2.08 bits per heavy atom. The molecule has 0 aromatic heterocycles. The van der Waals surface area contributed by atoms with Crippen molar-refractivity contribution in [2.24, 2.45) is 17.3 Å². The monoisotopic (exact) mass is 341 g/mol. The van der Waals surface area contributed by atoms with Crippen molar-refractivity contribution < 1.29 is 9.84 Å². The number of allylic oxidation sites excluding steroid dienone is 1. The number of ether oxygens (including phenoxy) is 1. The molecule has 1 aliphatic heterocycles. The van der Waals surface area contributed by atoms with Gasteiger partial charge in [0, 0.05) is 19.6 Å². The topological polar surface area (TPSA) is 32.7 Å². The summed E-state index contributed by atoms with van der Waals surface area (Å²) in [4.78, 5) is 2.34. The number of hydrogen-bond donors (Lipinski definition) is 1. The lowest BCUT2D eigenvalue weighted by atomic mass is 9.49. The fourth-order valence-electron chi connectivity index (χ4n) is 5.01. The predicted molar refractivity (Wildman–Crippen MR) is 100 cm³/mol. The molecule has 25 heavy (non-hydrogen) atoms. The zero-order chi connectivity index (χ0) is 17.4. The molecule has 1 saturated carbocycles. The van der Waals surface area contributed by atoms with Gasteiger partial charge >= 0.3 is 0 Å². The molecule has 0 saturated heterocycles. The highest BCUT2D eigenvalue weighted by Crippen LogP contribution is 2.59. The third-order valence-electron chi connectivity index (χ3n) is 6.84. The van der Waals surface area contributed by atoms with E-state index in [1.165, 1.54) is 29.5 Å². The van der Waals surface area contributed by atoms with E-state index in [0.717, 1.165) is 25.4 Å². The first-order valence-corrected chi connectivity index (χ1v) is 9.78. The van der Waals surface area contributed by atoms with E-state index < -0.39 is 6.10 Å². The summed E-state index contributed by atoms with van der Waals surface area (Å²) >= 11 is 0. The molecule has 3 nitrogen and oxygen atoms in total. The first-order valence-electron chi connectivity index (χ1n) is 9.78. The van der Waals surface area contributed by atoms with E-state index in [0.29, 0.717) is 31.1 Å². The zero-order valence-electron chi connectivity index (χ0n) is 15.6. The summed E-state index contributed by atoms with van der Waals surface area (Å²) in [5.74, 6) is 1.57. The van der Waals surface area contributed by atoms with E-state index in [-0.39, 0.29) is 0 Å². The maximum Gasteiger partial charge on any atom is 0.0900 e. The van der Waals surface area contributed by atoms with Crippen molar-refractivity contribution in [2.45, 2.75) is 45.8 Å². The normalized spacial score (nSPS) is 28.7. The van der Waals surface area contributed by atoms with E-state index in [4.69, 9.17) is 4.74 Å². The summed E-state index contributed by atoms with van der Waals surface area (Å²) in [6, 6.07) is 8.64. The molecule has 1 fully saturated rings. The van der Waals surface area contributed by atoms with E-state index in [1.807, 2.05) is 0 Å². The summed E-state index contributed by atoms with van der Waals surface area (Å²) in [6.07, 6.45) is 5.60. The highest BCUT2D eigenvalue weighted by Gasteiger charge is 2.50. The van der Waals surface area contributed by atoms with Crippen LogP contribution in [0.4, 0.5) is 0 Å². The molecule has 0 unspecified atom stereocenters. The molecule has 1 N–H and O–H groups in total. The van der Waals surface area contributed by atoms with E-state index in [9.17, 15) is 5.11 Å². The maximum atomic E-state index is 10.4. The van der Waals surface area contributed by atoms with Gasteiger partial charge in [-0.2, -0.15) is 0 Å². The highest BCUT2D eigenvalue weighted by atomic mass is 16.5. The lowest BCUT2D eigenvalue weighted by Crippen LogP contribution is -2.48. The van der Waals surface area contributed by atoms with Crippen LogP contribution in [0.5, 0.6) is 0 Å². The van der Waals surface area contributed by atoms with Crippen molar-refractivity contribution in [2.75, 3.05) is 26.3 Å². The van der Waals surface area contributed by atoms with Crippen LogP contribution in [-0.2, 0) is 17.7 Å². The second-order valence-electron chi connectivity index (χ2n) is 8.74. The van der Waals surface area contributed by atoms with Gasteiger partial charge in [-0.05, 0) is 53.2 Å². The Bertz CT molecular complexity index is 651. The van der Waals surface area contributed by atoms with E-state index >= 15 is 0 Å². The van der Waals surface area contributed by atoms with Crippen LogP contribution in [0, 0.1) is 17.3 Å². The highest BCUT2D eigenvalue weighted by molar-refractivity contribution is 5.29. The van der Waals surface area contributed by atoms with Crippen LogP contribution in [-0.4, -0.2) is 42.4 Å². The molecule has 1 heterocycles. The molecule has 1 aromatic carbocycles. The molecule has 0 radical (unpaired) electrons. The van der Waals surface area contributed by atoms with Crippen molar-refractivity contribution in [3.63, 3.8) is 0 Å². The van der Waals surface area contributed by atoms with Crippen LogP contribution >= 0.6 is 0 Å². The van der Waals surface area contributed by atoms with Crippen LogP contribution < -0.4 is 0 Å². The molecule has 3 aliphatic carbocycles. The Morgan fingerprint density at radius 3 is 2.84 bits per heavy atom. The van der Waals surface area contributed by atoms with Gasteiger partial charge in [-0.1, -0.05) is 44.2 Å². The van der Waals surface area contributed by atoms with Crippen LogP contribution in [0.25, 0.3) is 0 Å². The summed E-state index contributed by atoms with van der Waals surface area (Å²) in [6.45, 7) is 8.58. The fourth-order valence-corrected chi connectivity index (χ4v) is 5.01. The second-order valence-corrected chi connectivity index (χ2v) is 8.74. The lowest BCUT2D eigenvalue weighted by molar-refractivity contribution is -0.0265. The van der Waals surface area contributed by atoms with Gasteiger partial charge in [-0.15, -0.1) is 0 Å². The Hall–Kier alpha value is -1.16. The number of aliphatic hydroxyl groups excluding tert-OH is 1. The summed E-state index contributed by atoms with van der Waals surface area (Å²) in [7, 11) is 0. The Morgan fingerprint density at radius 1 is 1.28 bits per heavy atom. The van der Waals surface area contributed by atoms with Crippen LogP contribution in [0.1, 0.15) is 37.8 Å². The Balaban J connectivity index is 1.21. The SMILES string of the molecule is CC1(C)[C@H]2CC=C(COC[C@H](O)CN3CCc4ccccc4C3)[C@@H]1C2. The predicted octanol–water partition coefficient (Wildman–Crippen LogP) is 3.41. The van der Waals surface area contributed by atoms with Gasteiger partial charge in [0.05, 0.1) is 19.3 Å². The Labute approximate surface area is 151 Å². The third kappa shape index (κ3) is 3.42. The van der Waals surface area contributed by atoms with Crippen molar-refractivity contribution >= 4 is 0 Å². The number of rotatable bonds is 6. The van der Waals surface area contributed by atoms with Crippen LogP contribution in [0.3, 0.4) is 0 Å². The maximum absolute atomic E-state index is 10.4. The number of nitrogens with zero attached hydrogens (tertiary/aromatic N) is 1. The van der Waals surface area contributed by atoms with Crippen molar-refractivity contribution in [1.82, 2.24) is 4.90 Å². The summed E-state index contributed by atoms with van der Waals surface area (Å²) < 4.78 is 5.89. The minimum Gasteiger partial charge on any atom is -0.389 e. The van der Waals surface area contributed by atoms with Crippen molar-refractivity contribution in [1.29, 1.82) is 0 Å². The van der Waals surface area contributed by atoms with Gasteiger partial charge in [0.25, 0.3) is 0 Å². The van der Waals surface area contributed by atoms with Crippen LogP contribution in [0.15, 0.2) is 35.9 Å². The van der Waals surface area contributed by atoms with Gasteiger partial charge in [-0.25, -0.2) is 0 Å². The quantitative estimate of drug-likeness (QED) is 0.805. The van der Waals surface area contributed by atoms with Gasteiger partial charge in [0.1, 0.15) is 0 Å². The van der Waals surface area contributed by atoms with Gasteiger partial charge in [-0.3, -0.25) is 4.90 Å². The first kappa shape index (κ1) is 17.3. The minimum atomic E-state index is -0.406. The van der Waals surface area contributed by atoms with Crippen molar-refractivity contribution in [3.8, 4) is 0 Å². The molecule has 4 aliphatic rings. The van der Waals surface area contributed by atoms with E-state index in [2.05, 4.69) is 49.1 Å². The van der Waals surface area contributed by atoms with Gasteiger partial charge < -0.3 is 9.84 Å². The minimum absolute atomic E-state index is 0.406. The molecule has 2 bridgehead atoms. The van der Waals surface area contributed by atoms with Gasteiger partial charge in [0.2, 0.25) is 0 Å².